The lowest BCUT2D eigenvalue weighted by molar-refractivity contribution is -0.173. The van der Waals surface area contributed by atoms with Gasteiger partial charge in [-0.05, 0) is 12.1 Å². The van der Waals surface area contributed by atoms with Crippen LogP contribution in [0.25, 0.3) is 11.0 Å². The van der Waals surface area contributed by atoms with Crippen LogP contribution in [0.4, 0.5) is 13.2 Å². The fourth-order valence-electron chi connectivity index (χ4n) is 1.39. The maximum absolute atomic E-state index is 11.9. The summed E-state index contributed by atoms with van der Waals surface area (Å²) in [6.07, 6.45) is -4.87. The van der Waals surface area contributed by atoms with E-state index < -0.39 is 12.1 Å². The molecule has 0 fully saturated rings. The average molecular weight is 243 g/mol. The summed E-state index contributed by atoms with van der Waals surface area (Å²) in [5, 5.41) is 2.52. The van der Waals surface area contributed by atoms with E-state index in [-0.39, 0.29) is 12.3 Å². The molecule has 0 bridgehead atoms. The van der Waals surface area contributed by atoms with Crippen LogP contribution in [0.3, 0.4) is 0 Å². The highest BCUT2D eigenvalue weighted by atomic mass is 19.4. The largest absolute Gasteiger partial charge is 0.471 e. The minimum absolute atomic E-state index is 0.281. The monoisotopic (exact) mass is 243 g/mol. The highest BCUT2D eigenvalue weighted by Gasteiger charge is 2.38. The molecule has 0 aliphatic carbocycles. The van der Waals surface area contributed by atoms with E-state index in [0.29, 0.717) is 5.58 Å². The van der Waals surface area contributed by atoms with Crippen molar-refractivity contribution in [1.82, 2.24) is 5.32 Å². The third kappa shape index (κ3) is 2.58. The Hall–Kier alpha value is -1.98. The van der Waals surface area contributed by atoms with Crippen molar-refractivity contribution in [2.75, 3.05) is 0 Å². The van der Waals surface area contributed by atoms with Crippen molar-refractivity contribution in [2.45, 2.75) is 12.7 Å². The standard InChI is InChI=1S/C11H8F3NO2/c12-11(13,14)10(16)15-6-8-5-7-3-1-2-4-9(7)17-8/h1-5H,6H2,(H,15,16). The number of halogens is 3. The molecule has 1 aromatic carbocycles. The summed E-state index contributed by atoms with van der Waals surface area (Å²) in [4.78, 5) is 10.6. The van der Waals surface area contributed by atoms with E-state index in [2.05, 4.69) is 0 Å². The van der Waals surface area contributed by atoms with Gasteiger partial charge in [0.25, 0.3) is 0 Å². The van der Waals surface area contributed by atoms with Crippen molar-refractivity contribution >= 4 is 16.9 Å². The number of nitrogens with one attached hydrogen (secondary N) is 1. The van der Waals surface area contributed by atoms with Gasteiger partial charge in [-0.1, -0.05) is 18.2 Å². The van der Waals surface area contributed by atoms with E-state index in [1.54, 1.807) is 35.6 Å². The van der Waals surface area contributed by atoms with Gasteiger partial charge in [0.2, 0.25) is 0 Å². The molecule has 1 N–H and O–H groups in total. The lowest BCUT2D eigenvalue weighted by Gasteiger charge is -2.05. The first-order chi connectivity index (χ1) is 7.97. The zero-order valence-electron chi connectivity index (χ0n) is 8.54. The number of carbonyl (C=O) groups excluding carboxylic acids is 1. The van der Waals surface area contributed by atoms with Crippen molar-refractivity contribution in [1.29, 1.82) is 0 Å². The number of alkyl halides is 3. The van der Waals surface area contributed by atoms with E-state index in [9.17, 15) is 18.0 Å². The second kappa shape index (κ2) is 4.12. The van der Waals surface area contributed by atoms with Gasteiger partial charge in [0.05, 0.1) is 6.54 Å². The van der Waals surface area contributed by atoms with Crippen molar-refractivity contribution in [3.63, 3.8) is 0 Å². The van der Waals surface area contributed by atoms with Gasteiger partial charge < -0.3 is 9.73 Å². The van der Waals surface area contributed by atoms with Gasteiger partial charge in [0.15, 0.2) is 0 Å². The second-order valence-corrected chi connectivity index (χ2v) is 3.43. The predicted octanol–water partition coefficient (Wildman–Crippen LogP) is 2.61. The van der Waals surface area contributed by atoms with Gasteiger partial charge in [-0.3, -0.25) is 4.79 Å². The minimum atomic E-state index is -4.87. The smallest absolute Gasteiger partial charge is 0.459 e. The van der Waals surface area contributed by atoms with Crippen LogP contribution >= 0.6 is 0 Å². The van der Waals surface area contributed by atoms with Gasteiger partial charge >= 0.3 is 12.1 Å². The van der Waals surface area contributed by atoms with Crippen molar-refractivity contribution in [2.24, 2.45) is 0 Å². The van der Waals surface area contributed by atoms with Crippen LogP contribution in [-0.2, 0) is 11.3 Å². The number of hydrogen-bond acceptors (Lipinski definition) is 2. The third-order valence-corrected chi connectivity index (χ3v) is 2.16. The van der Waals surface area contributed by atoms with Crippen LogP contribution in [0.2, 0.25) is 0 Å². The van der Waals surface area contributed by atoms with Crippen molar-refractivity contribution in [3.8, 4) is 0 Å². The SMILES string of the molecule is O=C(NCc1cc2ccccc2o1)C(F)(F)F. The Kier molecular flexibility index (Phi) is 2.79. The molecule has 0 saturated heterocycles. The Bertz CT molecular complexity index is 512. The summed E-state index contributed by atoms with van der Waals surface area (Å²) in [5.74, 6) is -1.69. The van der Waals surface area contributed by atoms with Gasteiger partial charge in [0.1, 0.15) is 11.3 Å². The number of hydrogen-bond donors (Lipinski definition) is 1. The quantitative estimate of drug-likeness (QED) is 0.880. The van der Waals surface area contributed by atoms with E-state index in [1.807, 2.05) is 0 Å². The molecule has 17 heavy (non-hydrogen) atoms. The zero-order chi connectivity index (χ0) is 12.5. The number of carbonyl (C=O) groups is 1. The molecular weight excluding hydrogens is 235 g/mol. The molecule has 1 amide bonds. The molecule has 90 valence electrons. The van der Waals surface area contributed by atoms with Crippen LogP contribution in [0.1, 0.15) is 5.76 Å². The summed E-state index contributed by atoms with van der Waals surface area (Å²) in [6, 6.07) is 8.60. The normalized spacial score (nSPS) is 11.7. The summed E-state index contributed by atoms with van der Waals surface area (Å²) in [5.41, 5.74) is 0.573. The molecule has 0 atom stereocenters. The molecule has 3 nitrogen and oxygen atoms in total. The number of furan rings is 1. The van der Waals surface area contributed by atoms with Crippen LogP contribution in [-0.4, -0.2) is 12.1 Å². The van der Waals surface area contributed by atoms with E-state index in [4.69, 9.17) is 4.42 Å². The lowest BCUT2D eigenvalue weighted by atomic mass is 10.2. The minimum Gasteiger partial charge on any atom is -0.459 e. The number of para-hydroxylation sites is 1. The van der Waals surface area contributed by atoms with Gasteiger partial charge in [-0.25, -0.2) is 0 Å². The summed E-state index contributed by atoms with van der Waals surface area (Å²) in [6.45, 7) is -0.285. The molecule has 0 aliphatic rings. The van der Waals surface area contributed by atoms with Crippen LogP contribution < -0.4 is 5.32 Å². The van der Waals surface area contributed by atoms with E-state index >= 15 is 0 Å². The first-order valence-corrected chi connectivity index (χ1v) is 4.79. The van der Waals surface area contributed by atoms with Crippen LogP contribution in [0.5, 0.6) is 0 Å². The summed E-state index contributed by atoms with van der Waals surface area (Å²) in [7, 11) is 0. The average Bonchev–Trinajstić information content (AvgIpc) is 2.66. The van der Waals surface area contributed by atoms with E-state index in [1.165, 1.54) is 0 Å². The highest BCUT2D eigenvalue weighted by molar-refractivity contribution is 5.82. The zero-order valence-corrected chi connectivity index (χ0v) is 8.54. The maximum atomic E-state index is 11.9. The fourth-order valence-corrected chi connectivity index (χ4v) is 1.39. The van der Waals surface area contributed by atoms with Gasteiger partial charge in [-0.15, -0.1) is 0 Å². The van der Waals surface area contributed by atoms with Crippen LogP contribution in [0, 0.1) is 0 Å². The Morgan fingerprint density at radius 2 is 2.00 bits per heavy atom. The molecule has 2 rings (SSSR count). The van der Waals surface area contributed by atoms with Gasteiger partial charge in [-0.2, -0.15) is 13.2 Å². The molecule has 1 aromatic heterocycles. The van der Waals surface area contributed by atoms with Crippen LogP contribution in [0.15, 0.2) is 34.7 Å². The van der Waals surface area contributed by atoms with E-state index in [0.717, 1.165) is 5.39 Å². The topological polar surface area (TPSA) is 42.2 Å². The Morgan fingerprint density at radius 3 is 2.65 bits per heavy atom. The number of rotatable bonds is 2. The number of benzene rings is 1. The Balaban J connectivity index is 2.07. The predicted molar refractivity (Wildman–Crippen MR) is 54.1 cm³/mol. The third-order valence-electron chi connectivity index (χ3n) is 2.16. The molecule has 0 unspecified atom stereocenters. The fraction of sp³-hybridized carbons (Fsp3) is 0.182. The lowest BCUT2D eigenvalue weighted by Crippen LogP contribution is -2.36. The molecule has 0 radical (unpaired) electrons. The molecule has 0 saturated carbocycles. The molecule has 1 heterocycles. The number of amides is 1. The van der Waals surface area contributed by atoms with Crippen molar-refractivity contribution in [3.05, 3.63) is 36.1 Å². The molecule has 2 aromatic rings. The molecular formula is C11H8F3NO2. The summed E-state index contributed by atoms with van der Waals surface area (Å²) < 4.78 is 41.0. The molecule has 0 aliphatic heterocycles. The van der Waals surface area contributed by atoms with Crippen molar-refractivity contribution < 1.29 is 22.4 Å². The summed E-state index contributed by atoms with van der Waals surface area (Å²) >= 11 is 0. The highest BCUT2D eigenvalue weighted by Crippen LogP contribution is 2.19. The van der Waals surface area contributed by atoms with Gasteiger partial charge in [0, 0.05) is 5.39 Å². The molecule has 0 spiro atoms. The first-order valence-electron chi connectivity index (χ1n) is 4.79. The molecule has 6 heteroatoms. The Morgan fingerprint density at radius 1 is 1.29 bits per heavy atom. The maximum Gasteiger partial charge on any atom is 0.471 e. The Labute approximate surface area is 94.2 Å². The number of fused-ring (bicyclic) bond motifs is 1. The second-order valence-electron chi connectivity index (χ2n) is 3.43. The first kappa shape index (κ1) is 11.5.